The van der Waals surface area contributed by atoms with Gasteiger partial charge in [0.2, 0.25) is 0 Å². The van der Waals surface area contributed by atoms with Gasteiger partial charge in [0.15, 0.2) is 5.75 Å². The van der Waals surface area contributed by atoms with E-state index in [0.717, 1.165) is 23.9 Å². The highest BCUT2D eigenvalue weighted by Gasteiger charge is 2.21. The minimum atomic E-state index is 0.374. The van der Waals surface area contributed by atoms with Crippen LogP contribution in [0.1, 0.15) is 38.2 Å². The van der Waals surface area contributed by atoms with Crippen LogP contribution in [0.25, 0.3) is 16.7 Å². The van der Waals surface area contributed by atoms with Crippen LogP contribution in [0, 0.1) is 0 Å². The lowest BCUT2D eigenvalue weighted by molar-refractivity contribution is 0.427. The fourth-order valence-electron chi connectivity index (χ4n) is 3.77. The number of rotatable bonds is 6. The Kier molecular flexibility index (Phi) is 5.96. The third-order valence-corrected chi connectivity index (χ3v) is 6.36. The van der Waals surface area contributed by atoms with Gasteiger partial charge in [-0.05, 0) is 42.5 Å². The molecule has 0 saturated carbocycles. The Morgan fingerprint density at radius 1 is 1.03 bits per heavy atom. The summed E-state index contributed by atoms with van der Waals surface area (Å²) in [5.41, 5.74) is 3.51. The fourth-order valence-corrected chi connectivity index (χ4v) is 4.57. The molecule has 0 spiro atoms. The average molecular weight is 464 g/mol. The number of aryl methyl sites for hydroxylation is 1. The molecular formula is C22H21Cl3N4O. The lowest BCUT2D eigenvalue weighted by Gasteiger charge is -2.16. The highest BCUT2D eigenvalue weighted by Crippen LogP contribution is 2.40. The first-order valence-electron chi connectivity index (χ1n) is 9.75. The molecule has 4 aromatic rings. The standard InChI is InChI=1S/C22H21Cl3N4O/c1-4-13(5-2)14-6-7-15(23)19-20(14)28(3)22(27-19)30-17-9-8-16(24)21(18(17)25)29-11-10-26-12-29/h6-13H,4-5H2,1-3H3. The molecule has 0 saturated heterocycles. The zero-order valence-electron chi connectivity index (χ0n) is 16.9. The van der Waals surface area contributed by atoms with Gasteiger partial charge in [-0.25, -0.2) is 4.98 Å². The van der Waals surface area contributed by atoms with Gasteiger partial charge in [0.05, 0.1) is 27.6 Å². The van der Waals surface area contributed by atoms with Crippen LogP contribution in [0.2, 0.25) is 15.1 Å². The molecule has 0 bridgehead atoms. The van der Waals surface area contributed by atoms with E-state index in [1.807, 2.05) is 17.7 Å². The summed E-state index contributed by atoms with van der Waals surface area (Å²) < 4.78 is 9.82. The third-order valence-electron chi connectivity index (χ3n) is 5.38. The van der Waals surface area contributed by atoms with Crippen LogP contribution < -0.4 is 4.74 Å². The molecule has 2 aromatic heterocycles. The first-order chi connectivity index (χ1) is 14.5. The van der Waals surface area contributed by atoms with Crippen LogP contribution >= 0.6 is 34.8 Å². The first kappa shape index (κ1) is 21.0. The van der Waals surface area contributed by atoms with Gasteiger partial charge in [0.1, 0.15) is 10.5 Å². The van der Waals surface area contributed by atoms with E-state index >= 15 is 0 Å². The van der Waals surface area contributed by atoms with Gasteiger partial charge in [0.25, 0.3) is 0 Å². The van der Waals surface area contributed by atoms with Gasteiger partial charge >= 0.3 is 6.01 Å². The van der Waals surface area contributed by atoms with Crippen molar-refractivity contribution in [2.45, 2.75) is 32.6 Å². The predicted octanol–water partition coefficient (Wildman–Crippen LogP) is 7.42. The van der Waals surface area contributed by atoms with E-state index in [9.17, 15) is 0 Å². The minimum Gasteiger partial charge on any atom is -0.424 e. The molecule has 0 unspecified atom stereocenters. The summed E-state index contributed by atoms with van der Waals surface area (Å²) >= 11 is 19.5. The van der Waals surface area contributed by atoms with Gasteiger partial charge in [-0.1, -0.05) is 54.7 Å². The Morgan fingerprint density at radius 2 is 1.77 bits per heavy atom. The number of hydrogen-bond acceptors (Lipinski definition) is 3. The molecule has 156 valence electrons. The predicted molar refractivity (Wildman–Crippen MR) is 123 cm³/mol. The third kappa shape index (κ3) is 3.55. The Morgan fingerprint density at radius 3 is 2.43 bits per heavy atom. The molecule has 8 heteroatoms. The monoisotopic (exact) mass is 462 g/mol. The van der Waals surface area contributed by atoms with Crippen molar-refractivity contribution >= 4 is 45.8 Å². The van der Waals surface area contributed by atoms with Crippen LogP contribution in [0.5, 0.6) is 11.8 Å². The van der Waals surface area contributed by atoms with Gasteiger partial charge in [-0.15, -0.1) is 0 Å². The average Bonchev–Trinajstić information content (AvgIpc) is 3.36. The van der Waals surface area contributed by atoms with E-state index in [4.69, 9.17) is 39.5 Å². The van der Waals surface area contributed by atoms with E-state index in [0.29, 0.717) is 38.4 Å². The van der Waals surface area contributed by atoms with E-state index in [1.54, 1.807) is 35.4 Å². The maximum Gasteiger partial charge on any atom is 0.302 e. The molecule has 0 aliphatic rings. The highest BCUT2D eigenvalue weighted by atomic mass is 35.5. The van der Waals surface area contributed by atoms with Crippen molar-refractivity contribution < 1.29 is 4.74 Å². The molecule has 0 atom stereocenters. The summed E-state index contributed by atoms with van der Waals surface area (Å²) in [5, 5.41) is 1.46. The highest BCUT2D eigenvalue weighted by molar-refractivity contribution is 6.38. The van der Waals surface area contributed by atoms with Crippen molar-refractivity contribution in [2.75, 3.05) is 0 Å². The Bertz CT molecular complexity index is 1200. The molecule has 4 rings (SSSR count). The van der Waals surface area contributed by atoms with Crippen LogP contribution in [0.3, 0.4) is 0 Å². The molecule has 0 fully saturated rings. The lowest BCUT2D eigenvalue weighted by Crippen LogP contribution is -2.01. The molecule has 0 aliphatic carbocycles. The van der Waals surface area contributed by atoms with Crippen molar-refractivity contribution in [3.05, 3.63) is 63.6 Å². The SMILES string of the molecule is CCC(CC)c1ccc(Cl)c2nc(Oc3ccc(Cl)c(-n4ccnc4)c3Cl)n(C)c12. The molecule has 2 aromatic carbocycles. The van der Waals surface area contributed by atoms with E-state index in [1.165, 1.54) is 5.56 Å². The minimum absolute atomic E-state index is 0.374. The number of nitrogens with zero attached hydrogens (tertiary/aromatic N) is 4. The van der Waals surface area contributed by atoms with Crippen LogP contribution in [-0.2, 0) is 7.05 Å². The second kappa shape index (κ2) is 8.50. The van der Waals surface area contributed by atoms with Gasteiger partial charge in [0, 0.05) is 19.4 Å². The summed E-state index contributed by atoms with van der Waals surface area (Å²) in [7, 11) is 1.92. The molecule has 2 heterocycles. The lowest BCUT2D eigenvalue weighted by atomic mass is 9.93. The molecule has 0 N–H and O–H groups in total. The van der Waals surface area contributed by atoms with Crippen molar-refractivity contribution in [3.63, 3.8) is 0 Å². The van der Waals surface area contributed by atoms with Crippen molar-refractivity contribution in [3.8, 4) is 17.4 Å². The molecule has 0 radical (unpaired) electrons. The Labute approximate surface area is 190 Å². The smallest absolute Gasteiger partial charge is 0.302 e. The molecule has 30 heavy (non-hydrogen) atoms. The van der Waals surface area contributed by atoms with Crippen LogP contribution in [0.15, 0.2) is 43.0 Å². The van der Waals surface area contributed by atoms with E-state index < -0.39 is 0 Å². The normalized spacial score (nSPS) is 11.6. The summed E-state index contributed by atoms with van der Waals surface area (Å²) in [6.45, 7) is 4.38. The summed E-state index contributed by atoms with van der Waals surface area (Å²) in [5.74, 6) is 0.864. The van der Waals surface area contributed by atoms with Crippen molar-refractivity contribution in [1.29, 1.82) is 0 Å². The van der Waals surface area contributed by atoms with Crippen LogP contribution in [-0.4, -0.2) is 19.1 Å². The largest absolute Gasteiger partial charge is 0.424 e. The van der Waals surface area contributed by atoms with E-state index in [-0.39, 0.29) is 0 Å². The zero-order valence-corrected chi connectivity index (χ0v) is 19.1. The number of ether oxygens (including phenoxy) is 1. The van der Waals surface area contributed by atoms with Crippen LogP contribution in [0.4, 0.5) is 0 Å². The first-order valence-corrected chi connectivity index (χ1v) is 10.9. The summed E-state index contributed by atoms with van der Waals surface area (Å²) in [6, 6.07) is 7.86. The van der Waals surface area contributed by atoms with Crippen molar-refractivity contribution in [1.82, 2.24) is 19.1 Å². The molecule has 0 amide bonds. The second-order valence-electron chi connectivity index (χ2n) is 7.08. The quantitative estimate of drug-likeness (QED) is 0.299. The molecular weight excluding hydrogens is 443 g/mol. The fraction of sp³-hybridized carbons (Fsp3) is 0.273. The number of imidazole rings is 2. The summed E-state index contributed by atoms with van der Waals surface area (Å²) in [4.78, 5) is 8.74. The molecule has 0 aliphatic heterocycles. The Balaban J connectivity index is 1.83. The maximum absolute atomic E-state index is 6.64. The number of fused-ring (bicyclic) bond motifs is 1. The van der Waals surface area contributed by atoms with Gasteiger partial charge < -0.3 is 9.30 Å². The topological polar surface area (TPSA) is 44.9 Å². The van der Waals surface area contributed by atoms with Crippen molar-refractivity contribution in [2.24, 2.45) is 7.05 Å². The number of aromatic nitrogens is 4. The number of benzene rings is 2. The van der Waals surface area contributed by atoms with E-state index in [2.05, 4.69) is 29.9 Å². The Hall–Kier alpha value is -2.21. The van der Waals surface area contributed by atoms with Gasteiger partial charge in [-0.3, -0.25) is 4.57 Å². The number of hydrogen-bond donors (Lipinski definition) is 0. The number of halogens is 3. The van der Waals surface area contributed by atoms with Gasteiger partial charge in [-0.2, -0.15) is 4.98 Å². The summed E-state index contributed by atoms with van der Waals surface area (Å²) in [6.07, 6.45) is 7.13. The zero-order chi connectivity index (χ0) is 21.4. The molecule has 5 nitrogen and oxygen atoms in total. The maximum atomic E-state index is 6.64. The second-order valence-corrected chi connectivity index (χ2v) is 8.27.